The molecule has 0 aliphatic heterocycles. The predicted molar refractivity (Wildman–Crippen MR) is 68.1 cm³/mol. The third kappa shape index (κ3) is 3.83. The van der Waals surface area contributed by atoms with E-state index in [1.165, 1.54) is 32.1 Å². The van der Waals surface area contributed by atoms with Crippen LogP contribution in [0.3, 0.4) is 0 Å². The van der Waals surface area contributed by atoms with E-state index in [1.54, 1.807) is 0 Å². The Balaban J connectivity index is 1.82. The van der Waals surface area contributed by atoms with Crippen LogP contribution in [-0.4, -0.2) is 11.7 Å². The van der Waals surface area contributed by atoms with Gasteiger partial charge in [0.05, 0.1) is 13.2 Å². The lowest BCUT2D eigenvalue weighted by molar-refractivity contribution is 0.0411. The molecular weight excluding hydrogens is 212 g/mol. The molecule has 17 heavy (non-hydrogen) atoms. The van der Waals surface area contributed by atoms with E-state index in [-0.39, 0.29) is 6.61 Å². The standard InChI is InChI=1S/C15H21O2/c16-11-15(14-9-5-2-6-10-14)17-12-13-7-3-1-4-8-13/h1,3-4,7-8,14,16H,2,5-6,9-12H2. The van der Waals surface area contributed by atoms with Gasteiger partial charge in [0.25, 0.3) is 0 Å². The molecule has 2 nitrogen and oxygen atoms in total. The average Bonchev–Trinajstić information content (AvgIpc) is 2.42. The smallest absolute Gasteiger partial charge is 0.126 e. The number of aliphatic hydroxyl groups is 1. The van der Waals surface area contributed by atoms with Crippen LogP contribution in [0.2, 0.25) is 0 Å². The number of aliphatic hydroxyl groups excluding tert-OH is 1. The highest BCUT2D eigenvalue weighted by atomic mass is 16.5. The topological polar surface area (TPSA) is 29.5 Å². The van der Waals surface area contributed by atoms with Crippen molar-refractivity contribution < 1.29 is 9.84 Å². The Bertz CT molecular complexity index is 304. The summed E-state index contributed by atoms with van der Waals surface area (Å²) in [5.74, 6) is 0.470. The number of rotatable bonds is 5. The fourth-order valence-electron chi connectivity index (χ4n) is 2.47. The summed E-state index contributed by atoms with van der Waals surface area (Å²) >= 11 is 0. The highest BCUT2D eigenvalue weighted by molar-refractivity contribution is 5.13. The molecule has 0 saturated heterocycles. The summed E-state index contributed by atoms with van der Waals surface area (Å²) in [6.45, 7) is 0.644. The lowest BCUT2D eigenvalue weighted by Crippen LogP contribution is -2.21. The molecule has 1 fully saturated rings. The summed E-state index contributed by atoms with van der Waals surface area (Å²) in [5, 5.41) is 9.39. The molecule has 93 valence electrons. The van der Waals surface area contributed by atoms with Gasteiger partial charge in [0.1, 0.15) is 6.10 Å². The van der Waals surface area contributed by atoms with Crippen LogP contribution < -0.4 is 0 Å². The molecular formula is C15H21O2. The van der Waals surface area contributed by atoms with E-state index < -0.39 is 0 Å². The molecule has 2 heteroatoms. The zero-order valence-electron chi connectivity index (χ0n) is 10.3. The van der Waals surface area contributed by atoms with Gasteiger partial charge in [0.15, 0.2) is 0 Å². The average molecular weight is 233 g/mol. The molecule has 1 aliphatic carbocycles. The van der Waals surface area contributed by atoms with Gasteiger partial charge in [-0.1, -0.05) is 49.6 Å². The van der Waals surface area contributed by atoms with E-state index in [2.05, 4.69) is 12.1 Å². The van der Waals surface area contributed by atoms with E-state index in [0.29, 0.717) is 12.5 Å². The minimum Gasteiger partial charge on any atom is -0.393 e. The Morgan fingerprint density at radius 3 is 2.47 bits per heavy atom. The van der Waals surface area contributed by atoms with Crippen molar-refractivity contribution >= 4 is 0 Å². The van der Waals surface area contributed by atoms with Crippen molar-refractivity contribution in [1.82, 2.24) is 0 Å². The van der Waals surface area contributed by atoms with E-state index in [9.17, 15) is 5.11 Å². The highest BCUT2D eigenvalue weighted by Crippen LogP contribution is 2.32. The van der Waals surface area contributed by atoms with Crippen LogP contribution in [0.25, 0.3) is 0 Å². The molecule has 0 aromatic heterocycles. The third-order valence-electron chi connectivity index (χ3n) is 3.48. The monoisotopic (exact) mass is 233 g/mol. The van der Waals surface area contributed by atoms with Crippen molar-refractivity contribution in [2.75, 3.05) is 6.61 Å². The van der Waals surface area contributed by atoms with Crippen LogP contribution in [0, 0.1) is 12.0 Å². The van der Waals surface area contributed by atoms with Crippen molar-refractivity contribution in [3.05, 3.63) is 42.0 Å². The molecule has 0 unspecified atom stereocenters. The lowest BCUT2D eigenvalue weighted by atomic mass is 9.85. The Morgan fingerprint density at radius 1 is 1.12 bits per heavy atom. The first-order chi connectivity index (χ1) is 8.40. The fraction of sp³-hybridized carbons (Fsp3) is 0.533. The van der Waals surface area contributed by atoms with E-state index in [1.807, 2.05) is 18.2 Å². The molecule has 1 aliphatic rings. The molecule has 2 rings (SSSR count). The summed E-state index contributed by atoms with van der Waals surface area (Å²) < 4.78 is 5.78. The first-order valence-corrected chi connectivity index (χ1v) is 6.53. The molecule has 0 atom stereocenters. The van der Waals surface area contributed by atoms with Gasteiger partial charge < -0.3 is 9.84 Å². The van der Waals surface area contributed by atoms with Gasteiger partial charge in [-0.25, -0.2) is 0 Å². The molecule has 0 bridgehead atoms. The highest BCUT2D eigenvalue weighted by Gasteiger charge is 2.24. The van der Waals surface area contributed by atoms with Crippen molar-refractivity contribution in [3.63, 3.8) is 0 Å². The Labute approximate surface area is 104 Å². The first-order valence-electron chi connectivity index (χ1n) is 6.53. The summed E-state index contributed by atoms with van der Waals surface area (Å²) in [4.78, 5) is 0. The zero-order chi connectivity index (χ0) is 11.9. The van der Waals surface area contributed by atoms with E-state index >= 15 is 0 Å². The Morgan fingerprint density at radius 2 is 1.82 bits per heavy atom. The van der Waals surface area contributed by atoms with Gasteiger partial charge in [-0.3, -0.25) is 0 Å². The maximum absolute atomic E-state index is 9.39. The molecule has 1 aromatic rings. The molecule has 0 heterocycles. The Kier molecular flexibility index (Phi) is 5.02. The second-order valence-electron chi connectivity index (χ2n) is 4.73. The van der Waals surface area contributed by atoms with Gasteiger partial charge in [-0.15, -0.1) is 0 Å². The molecule has 0 amide bonds. The summed E-state index contributed by atoms with van der Waals surface area (Å²) in [6, 6.07) is 10.1. The normalized spacial score (nSPS) is 17.5. The van der Waals surface area contributed by atoms with Crippen LogP contribution in [0.1, 0.15) is 37.7 Å². The fourth-order valence-corrected chi connectivity index (χ4v) is 2.47. The van der Waals surface area contributed by atoms with Gasteiger partial charge in [-0.2, -0.15) is 0 Å². The lowest BCUT2D eigenvalue weighted by Gasteiger charge is -2.28. The zero-order valence-corrected chi connectivity index (χ0v) is 10.3. The second kappa shape index (κ2) is 6.77. The number of hydrogen-bond donors (Lipinski definition) is 1. The van der Waals surface area contributed by atoms with Gasteiger partial charge >= 0.3 is 0 Å². The van der Waals surface area contributed by atoms with Gasteiger partial charge in [0.2, 0.25) is 0 Å². The largest absolute Gasteiger partial charge is 0.393 e. The minimum atomic E-state index is 0.0670. The maximum atomic E-state index is 9.39. The molecule has 1 saturated carbocycles. The SMILES string of the molecule is OC[C](OCc1ccccc1)C1CCCCC1. The van der Waals surface area contributed by atoms with E-state index in [0.717, 1.165) is 11.7 Å². The first kappa shape index (κ1) is 12.6. The van der Waals surface area contributed by atoms with Gasteiger partial charge in [-0.05, 0) is 24.3 Å². The van der Waals surface area contributed by atoms with Crippen molar-refractivity contribution in [3.8, 4) is 0 Å². The molecule has 1 radical (unpaired) electrons. The van der Waals surface area contributed by atoms with Crippen molar-refractivity contribution in [2.45, 2.75) is 38.7 Å². The number of benzene rings is 1. The molecule has 0 spiro atoms. The Hall–Kier alpha value is -0.860. The quantitative estimate of drug-likeness (QED) is 0.845. The number of ether oxygens (including phenoxy) is 1. The van der Waals surface area contributed by atoms with Crippen molar-refractivity contribution in [2.24, 2.45) is 5.92 Å². The van der Waals surface area contributed by atoms with Crippen LogP contribution in [-0.2, 0) is 11.3 Å². The second-order valence-corrected chi connectivity index (χ2v) is 4.73. The van der Waals surface area contributed by atoms with Crippen LogP contribution >= 0.6 is 0 Å². The van der Waals surface area contributed by atoms with Gasteiger partial charge in [0, 0.05) is 0 Å². The summed E-state index contributed by atoms with van der Waals surface area (Å²) in [6.07, 6.45) is 7.09. The van der Waals surface area contributed by atoms with Crippen LogP contribution in [0.5, 0.6) is 0 Å². The predicted octanol–water partition coefficient (Wildman–Crippen LogP) is 3.31. The summed E-state index contributed by atoms with van der Waals surface area (Å²) in [5.41, 5.74) is 1.16. The summed E-state index contributed by atoms with van der Waals surface area (Å²) in [7, 11) is 0. The maximum Gasteiger partial charge on any atom is 0.126 e. The van der Waals surface area contributed by atoms with Crippen LogP contribution in [0.15, 0.2) is 30.3 Å². The minimum absolute atomic E-state index is 0.0670. The number of hydrogen-bond acceptors (Lipinski definition) is 2. The van der Waals surface area contributed by atoms with Crippen molar-refractivity contribution in [1.29, 1.82) is 0 Å². The molecule has 1 N–H and O–H groups in total. The third-order valence-corrected chi connectivity index (χ3v) is 3.48. The van der Waals surface area contributed by atoms with E-state index in [4.69, 9.17) is 4.74 Å². The van der Waals surface area contributed by atoms with Crippen LogP contribution in [0.4, 0.5) is 0 Å². The molecule has 1 aromatic carbocycles.